The highest BCUT2D eigenvalue weighted by Crippen LogP contribution is 2.32. The molecule has 4 aromatic rings. The van der Waals surface area contributed by atoms with E-state index in [4.69, 9.17) is 16.3 Å². The van der Waals surface area contributed by atoms with Gasteiger partial charge in [0.15, 0.2) is 5.69 Å². The molecule has 0 saturated heterocycles. The van der Waals surface area contributed by atoms with Gasteiger partial charge in [0.1, 0.15) is 16.4 Å². The van der Waals surface area contributed by atoms with E-state index in [1.807, 2.05) is 0 Å². The fourth-order valence-corrected chi connectivity index (χ4v) is 4.40. The van der Waals surface area contributed by atoms with Crippen molar-refractivity contribution in [1.82, 2.24) is 9.78 Å². The molecule has 35 heavy (non-hydrogen) atoms. The molecule has 10 nitrogen and oxygen atoms in total. The fourth-order valence-electron chi connectivity index (χ4n) is 3.29. The third-order valence-electron chi connectivity index (χ3n) is 4.80. The number of carbonyl (C=O) groups is 2. The number of fused-ring (bicyclic) bond motifs is 1. The molecule has 0 radical (unpaired) electrons. The summed E-state index contributed by atoms with van der Waals surface area (Å²) in [5, 5.41) is 19.4. The second-order valence-corrected chi connectivity index (χ2v) is 8.31. The number of esters is 1. The lowest BCUT2D eigenvalue weighted by molar-refractivity contribution is -0.385. The van der Waals surface area contributed by atoms with E-state index in [2.05, 4.69) is 10.4 Å². The minimum Gasteiger partial charge on any atom is -0.461 e. The predicted molar refractivity (Wildman–Crippen MR) is 127 cm³/mol. The van der Waals surface area contributed by atoms with Gasteiger partial charge in [0.25, 0.3) is 17.2 Å². The zero-order chi connectivity index (χ0) is 25.3. The molecule has 2 aromatic heterocycles. The molecule has 1 amide bonds. The lowest BCUT2D eigenvalue weighted by Gasteiger charge is -2.10. The first-order chi connectivity index (χ1) is 16.7. The lowest BCUT2D eigenvalue weighted by Crippen LogP contribution is -2.25. The van der Waals surface area contributed by atoms with Crippen molar-refractivity contribution in [3.63, 3.8) is 0 Å². The van der Waals surface area contributed by atoms with Gasteiger partial charge in [0, 0.05) is 21.9 Å². The number of hydrogen-bond donors (Lipinski definition) is 1. The van der Waals surface area contributed by atoms with Crippen molar-refractivity contribution >= 4 is 56.3 Å². The average molecular weight is 517 g/mol. The van der Waals surface area contributed by atoms with Crippen LogP contribution in [0, 0.1) is 15.9 Å². The summed E-state index contributed by atoms with van der Waals surface area (Å²) in [5.74, 6) is -2.36. The Morgan fingerprint density at radius 3 is 2.74 bits per heavy atom. The van der Waals surface area contributed by atoms with Crippen LogP contribution >= 0.6 is 22.9 Å². The quantitative estimate of drug-likeness (QED) is 0.225. The number of nitro benzene ring substituents is 1. The van der Waals surface area contributed by atoms with Crippen LogP contribution in [-0.2, 0) is 4.74 Å². The Labute approximate surface area is 204 Å². The number of anilines is 1. The van der Waals surface area contributed by atoms with Crippen molar-refractivity contribution < 1.29 is 23.6 Å². The minimum atomic E-state index is -0.894. The van der Waals surface area contributed by atoms with Gasteiger partial charge in [-0.3, -0.25) is 19.7 Å². The molecule has 0 saturated carbocycles. The van der Waals surface area contributed by atoms with Crippen molar-refractivity contribution in [2.24, 2.45) is 0 Å². The molecule has 0 spiro atoms. The molecule has 178 valence electrons. The van der Waals surface area contributed by atoms with E-state index < -0.39 is 33.9 Å². The third-order valence-corrected chi connectivity index (χ3v) is 5.93. The number of thiophene rings is 1. The van der Waals surface area contributed by atoms with Gasteiger partial charge in [-0.15, -0.1) is 11.3 Å². The van der Waals surface area contributed by atoms with Crippen LogP contribution in [0.3, 0.4) is 0 Å². The predicted octanol–water partition coefficient (Wildman–Crippen LogP) is 4.58. The Hall–Kier alpha value is -4.16. The zero-order valence-corrected chi connectivity index (χ0v) is 19.4. The number of amides is 1. The van der Waals surface area contributed by atoms with Crippen molar-refractivity contribution in [3.05, 3.63) is 90.4 Å². The molecule has 0 fully saturated rings. The van der Waals surface area contributed by atoms with Gasteiger partial charge in [0.2, 0.25) is 0 Å². The monoisotopic (exact) mass is 516 g/mol. The molecule has 0 bridgehead atoms. The molecule has 2 aromatic carbocycles. The maximum Gasteiger partial charge on any atom is 0.359 e. The summed E-state index contributed by atoms with van der Waals surface area (Å²) in [6.45, 7) is 1.63. The van der Waals surface area contributed by atoms with E-state index in [-0.39, 0.29) is 44.3 Å². The van der Waals surface area contributed by atoms with E-state index in [1.54, 1.807) is 6.92 Å². The number of hydrogen-bond acceptors (Lipinski definition) is 8. The average Bonchev–Trinajstić information content (AvgIpc) is 3.23. The first kappa shape index (κ1) is 24.0. The van der Waals surface area contributed by atoms with Gasteiger partial charge in [-0.05, 0) is 37.3 Å². The number of nitro groups is 1. The second kappa shape index (κ2) is 9.60. The highest BCUT2D eigenvalue weighted by molar-refractivity contribution is 7.16. The number of benzene rings is 2. The largest absolute Gasteiger partial charge is 0.461 e. The van der Waals surface area contributed by atoms with Crippen LogP contribution in [0.15, 0.2) is 52.6 Å². The normalized spacial score (nSPS) is 10.8. The molecular weight excluding hydrogens is 503 g/mol. The van der Waals surface area contributed by atoms with E-state index >= 15 is 0 Å². The van der Waals surface area contributed by atoms with Crippen LogP contribution in [0.1, 0.15) is 27.8 Å². The van der Waals surface area contributed by atoms with Crippen molar-refractivity contribution in [2.75, 3.05) is 11.9 Å². The highest BCUT2D eigenvalue weighted by Gasteiger charge is 2.26. The van der Waals surface area contributed by atoms with Crippen LogP contribution in [0.4, 0.5) is 15.1 Å². The summed E-state index contributed by atoms with van der Waals surface area (Å²) in [5.41, 5.74) is -1.75. The van der Waals surface area contributed by atoms with E-state index in [0.29, 0.717) is 0 Å². The first-order valence-electron chi connectivity index (χ1n) is 9.94. The van der Waals surface area contributed by atoms with E-state index in [1.165, 1.54) is 29.6 Å². The van der Waals surface area contributed by atoms with Crippen molar-refractivity contribution in [2.45, 2.75) is 6.92 Å². The molecular formula is C22H14ClFN4O6S. The maximum absolute atomic E-state index is 13.8. The third kappa shape index (κ3) is 4.61. The van der Waals surface area contributed by atoms with Crippen LogP contribution in [0.2, 0.25) is 5.02 Å². The molecule has 0 unspecified atom stereocenters. The zero-order valence-electron chi connectivity index (χ0n) is 17.8. The summed E-state index contributed by atoms with van der Waals surface area (Å²) in [6, 6.07) is 8.49. The van der Waals surface area contributed by atoms with Crippen LogP contribution in [0.25, 0.3) is 16.5 Å². The van der Waals surface area contributed by atoms with Gasteiger partial charge in [-0.25, -0.2) is 9.18 Å². The second-order valence-electron chi connectivity index (χ2n) is 6.99. The summed E-state index contributed by atoms with van der Waals surface area (Å²) in [7, 11) is 0. The summed E-state index contributed by atoms with van der Waals surface area (Å²) in [4.78, 5) is 49.5. The lowest BCUT2D eigenvalue weighted by atomic mass is 10.1. The van der Waals surface area contributed by atoms with Gasteiger partial charge in [0.05, 0.1) is 22.6 Å². The summed E-state index contributed by atoms with van der Waals surface area (Å²) < 4.78 is 19.7. The Morgan fingerprint density at radius 1 is 1.29 bits per heavy atom. The smallest absolute Gasteiger partial charge is 0.359 e. The molecule has 2 heterocycles. The van der Waals surface area contributed by atoms with Crippen molar-refractivity contribution in [1.29, 1.82) is 0 Å². The SMILES string of the molecule is CCOC(=O)c1nn(-c2cccc(F)c2)c(=O)c2c(NC(=O)c3cc(Cl)ccc3[N+](=O)[O-])scc12. The number of aromatic nitrogens is 2. The summed E-state index contributed by atoms with van der Waals surface area (Å²) in [6.07, 6.45) is 0. The summed E-state index contributed by atoms with van der Waals surface area (Å²) >= 11 is 6.82. The van der Waals surface area contributed by atoms with Crippen LogP contribution in [0.5, 0.6) is 0 Å². The molecule has 0 aliphatic rings. The van der Waals surface area contributed by atoms with Gasteiger partial charge >= 0.3 is 5.97 Å². The Bertz CT molecular complexity index is 1570. The van der Waals surface area contributed by atoms with Gasteiger partial charge < -0.3 is 10.1 Å². The standard InChI is InChI=1S/C22H14ClFN4O6S/c1-2-34-22(31)18-15-10-35-20(25-19(29)14-8-11(23)6-7-16(14)28(32)33)17(15)21(30)27(26-18)13-5-3-4-12(24)9-13/h3-10H,2H2,1H3,(H,25,29). The van der Waals surface area contributed by atoms with E-state index in [0.717, 1.165) is 34.2 Å². The molecule has 4 rings (SSSR count). The number of nitrogens with one attached hydrogen (secondary N) is 1. The van der Waals surface area contributed by atoms with Crippen LogP contribution < -0.4 is 10.9 Å². The molecule has 13 heteroatoms. The number of ether oxygens (including phenoxy) is 1. The Morgan fingerprint density at radius 2 is 2.06 bits per heavy atom. The Balaban J connectivity index is 1.90. The van der Waals surface area contributed by atoms with E-state index in [9.17, 15) is 28.9 Å². The number of halogens is 2. The minimum absolute atomic E-state index is 0.00220. The number of carbonyl (C=O) groups excluding carboxylic acids is 2. The number of rotatable bonds is 6. The molecule has 1 N–H and O–H groups in total. The van der Waals surface area contributed by atoms with Gasteiger partial charge in [-0.2, -0.15) is 9.78 Å². The highest BCUT2D eigenvalue weighted by atomic mass is 35.5. The van der Waals surface area contributed by atoms with Crippen molar-refractivity contribution in [3.8, 4) is 5.69 Å². The fraction of sp³-hybridized carbons (Fsp3) is 0.0909. The van der Waals surface area contributed by atoms with Crippen LogP contribution in [-0.4, -0.2) is 33.2 Å². The molecule has 0 aliphatic carbocycles. The topological polar surface area (TPSA) is 133 Å². The number of nitrogens with zero attached hydrogens (tertiary/aromatic N) is 3. The first-order valence-corrected chi connectivity index (χ1v) is 11.2. The molecule has 0 aliphatic heterocycles. The maximum atomic E-state index is 13.8. The van der Waals surface area contributed by atoms with Gasteiger partial charge in [-0.1, -0.05) is 17.7 Å². The Kier molecular flexibility index (Phi) is 6.58. The molecule has 0 atom stereocenters.